The fraction of sp³-hybridized carbons (Fsp3) is 0.171. The van der Waals surface area contributed by atoms with Crippen LogP contribution in [-0.4, -0.2) is 48.9 Å². The van der Waals surface area contributed by atoms with Gasteiger partial charge in [-0.25, -0.2) is 0 Å². The van der Waals surface area contributed by atoms with Crippen molar-refractivity contribution in [3.8, 4) is 0 Å². The molecule has 0 bridgehead atoms. The lowest BCUT2D eigenvalue weighted by Gasteiger charge is -2.33. The number of nitrogens with one attached hydrogen (secondary N) is 3. The maximum Gasteiger partial charge on any atom is 0.268 e. The quantitative estimate of drug-likeness (QED) is 0.248. The molecule has 0 saturated carbocycles. The highest BCUT2D eigenvalue weighted by atomic mass is 16.2. The average Bonchev–Trinajstić information content (AvgIpc) is 3.46. The molecule has 2 heterocycles. The summed E-state index contributed by atoms with van der Waals surface area (Å²) in [5.74, 6) is -1.05. The molecule has 6 rings (SSSR count). The number of hydrogen-bond acceptors (Lipinski definition) is 4. The van der Waals surface area contributed by atoms with Crippen molar-refractivity contribution in [3.05, 3.63) is 132 Å². The first-order valence-corrected chi connectivity index (χ1v) is 14.4. The third-order valence-electron chi connectivity index (χ3n) is 7.90. The fourth-order valence-electron chi connectivity index (χ4n) is 5.76. The number of para-hydroxylation sites is 3. The van der Waals surface area contributed by atoms with Crippen LogP contribution in [0.4, 0.5) is 11.4 Å². The minimum absolute atomic E-state index is 0.182. The number of carbonyl (C=O) groups excluding carboxylic acids is 3. The SMILES string of the molecule is CN1c2ccccc2N(CC(=O)NCCc2ccccc2)C(=O)[C@@H](NC(=O)c2cc3ccccc3[nH]2)[C@H]1c1ccccc1. The molecule has 2 atom stereocenters. The number of fused-ring (bicyclic) bond motifs is 2. The number of rotatable bonds is 8. The highest BCUT2D eigenvalue weighted by Crippen LogP contribution is 2.39. The molecule has 5 aromatic rings. The highest BCUT2D eigenvalue weighted by Gasteiger charge is 2.42. The summed E-state index contributed by atoms with van der Waals surface area (Å²) in [6.45, 7) is 0.262. The van der Waals surface area contributed by atoms with E-state index >= 15 is 0 Å². The molecule has 3 N–H and O–H groups in total. The van der Waals surface area contributed by atoms with Crippen LogP contribution in [0.25, 0.3) is 10.9 Å². The second-order valence-corrected chi connectivity index (χ2v) is 10.7. The Kier molecular flexibility index (Phi) is 7.91. The number of hydrogen-bond donors (Lipinski definition) is 3. The normalized spacial score (nSPS) is 16.4. The Bertz CT molecular complexity index is 1720. The number of aromatic nitrogens is 1. The number of nitrogens with zero attached hydrogens (tertiary/aromatic N) is 2. The van der Waals surface area contributed by atoms with Gasteiger partial charge in [-0.05, 0) is 41.8 Å². The number of amides is 3. The monoisotopic (exact) mass is 571 g/mol. The van der Waals surface area contributed by atoms with Gasteiger partial charge in [0.05, 0.1) is 17.4 Å². The van der Waals surface area contributed by atoms with Gasteiger partial charge in [-0.3, -0.25) is 19.3 Å². The fourth-order valence-corrected chi connectivity index (χ4v) is 5.76. The zero-order chi connectivity index (χ0) is 29.8. The predicted molar refractivity (Wildman–Crippen MR) is 169 cm³/mol. The van der Waals surface area contributed by atoms with Crippen molar-refractivity contribution in [2.75, 3.05) is 29.9 Å². The maximum atomic E-state index is 14.5. The van der Waals surface area contributed by atoms with E-state index in [1.54, 1.807) is 6.07 Å². The summed E-state index contributed by atoms with van der Waals surface area (Å²) < 4.78 is 0. The summed E-state index contributed by atoms with van der Waals surface area (Å²) >= 11 is 0. The van der Waals surface area contributed by atoms with Crippen LogP contribution in [0.1, 0.15) is 27.7 Å². The van der Waals surface area contributed by atoms with E-state index in [2.05, 4.69) is 15.6 Å². The smallest absolute Gasteiger partial charge is 0.268 e. The van der Waals surface area contributed by atoms with Gasteiger partial charge in [-0.15, -0.1) is 0 Å². The van der Waals surface area contributed by atoms with Gasteiger partial charge in [0.1, 0.15) is 18.3 Å². The molecule has 1 aromatic heterocycles. The standard InChI is InChI=1S/C35H33N5O3/c1-39-29-18-10-11-19-30(29)40(23-31(41)36-21-20-24-12-4-2-5-13-24)35(43)32(33(39)25-14-6-3-7-15-25)38-34(42)28-22-26-16-8-9-17-27(26)37-28/h2-19,22,32-33,37H,20-21,23H2,1H3,(H,36,41)(H,38,42)/t32-,33+/m0/s1. The Labute approximate surface area is 250 Å². The molecule has 216 valence electrons. The number of benzene rings is 4. The molecule has 0 radical (unpaired) electrons. The van der Waals surface area contributed by atoms with Crippen LogP contribution >= 0.6 is 0 Å². The van der Waals surface area contributed by atoms with E-state index in [9.17, 15) is 14.4 Å². The molecule has 8 heteroatoms. The van der Waals surface area contributed by atoms with Crippen LogP contribution < -0.4 is 20.4 Å². The molecule has 0 fully saturated rings. The molecule has 0 saturated heterocycles. The summed E-state index contributed by atoms with van der Waals surface area (Å²) in [5, 5.41) is 6.90. The first-order chi connectivity index (χ1) is 21.0. The summed E-state index contributed by atoms with van der Waals surface area (Å²) in [7, 11) is 1.91. The minimum Gasteiger partial charge on any atom is -0.363 e. The summed E-state index contributed by atoms with van der Waals surface area (Å²) in [6.07, 6.45) is 0.680. The zero-order valence-electron chi connectivity index (χ0n) is 23.9. The maximum absolute atomic E-state index is 14.5. The van der Waals surface area contributed by atoms with Crippen LogP contribution in [0.3, 0.4) is 0 Å². The van der Waals surface area contributed by atoms with Crippen LogP contribution in [-0.2, 0) is 16.0 Å². The Hall–Kier alpha value is -5.37. The second kappa shape index (κ2) is 12.2. The molecule has 3 amide bonds. The number of anilines is 2. The van der Waals surface area contributed by atoms with Crippen LogP contribution in [0.15, 0.2) is 115 Å². The minimum atomic E-state index is -0.990. The molecule has 43 heavy (non-hydrogen) atoms. The third-order valence-corrected chi connectivity index (χ3v) is 7.90. The van der Waals surface area contributed by atoms with Gasteiger partial charge in [0.15, 0.2) is 0 Å². The molecule has 0 unspecified atom stereocenters. The van der Waals surface area contributed by atoms with E-state index in [4.69, 9.17) is 0 Å². The number of carbonyl (C=O) groups is 3. The van der Waals surface area contributed by atoms with Crippen molar-refractivity contribution in [2.45, 2.75) is 18.5 Å². The van der Waals surface area contributed by atoms with Gasteiger partial charge in [-0.1, -0.05) is 91.0 Å². The largest absolute Gasteiger partial charge is 0.363 e. The number of H-pyrrole nitrogens is 1. The molecular weight excluding hydrogens is 538 g/mol. The van der Waals surface area contributed by atoms with Crippen LogP contribution in [0.2, 0.25) is 0 Å². The Morgan fingerprint density at radius 3 is 2.21 bits per heavy atom. The highest BCUT2D eigenvalue weighted by molar-refractivity contribution is 6.08. The van der Waals surface area contributed by atoms with E-state index in [-0.39, 0.29) is 18.4 Å². The van der Waals surface area contributed by atoms with Gasteiger partial charge in [-0.2, -0.15) is 0 Å². The average molecular weight is 572 g/mol. The van der Waals surface area contributed by atoms with Crippen molar-refractivity contribution in [1.82, 2.24) is 15.6 Å². The van der Waals surface area contributed by atoms with E-state index < -0.39 is 18.0 Å². The van der Waals surface area contributed by atoms with Gasteiger partial charge in [0, 0.05) is 24.5 Å². The van der Waals surface area contributed by atoms with E-state index in [1.165, 1.54) is 4.90 Å². The Balaban J connectivity index is 1.32. The third kappa shape index (κ3) is 5.85. The molecule has 0 spiro atoms. The summed E-state index contributed by atoms with van der Waals surface area (Å²) in [4.78, 5) is 48.1. The zero-order valence-corrected chi connectivity index (χ0v) is 23.9. The van der Waals surface area contributed by atoms with Crippen LogP contribution in [0.5, 0.6) is 0 Å². The van der Waals surface area contributed by atoms with Crippen molar-refractivity contribution in [2.24, 2.45) is 0 Å². The molecule has 0 aliphatic carbocycles. The Morgan fingerprint density at radius 2 is 1.47 bits per heavy atom. The molecular formula is C35H33N5O3. The van der Waals surface area contributed by atoms with Gasteiger partial charge < -0.3 is 20.5 Å². The molecule has 4 aromatic carbocycles. The van der Waals surface area contributed by atoms with Crippen molar-refractivity contribution >= 4 is 40.0 Å². The number of likely N-dealkylation sites (N-methyl/N-ethyl adjacent to an activating group) is 1. The van der Waals surface area contributed by atoms with Gasteiger partial charge in [0.2, 0.25) is 5.91 Å². The van der Waals surface area contributed by atoms with Crippen LogP contribution in [0, 0.1) is 0 Å². The summed E-state index contributed by atoms with van der Waals surface area (Å²) in [5.41, 5.74) is 4.56. The first kappa shape index (κ1) is 27.8. The Morgan fingerprint density at radius 1 is 0.814 bits per heavy atom. The molecule has 1 aliphatic heterocycles. The van der Waals surface area contributed by atoms with Crippen molar-refractivity contribution < 1.29 is 14.4 Å². The van der Waals surface area contributed by atoms with Crippen molar-refractivity contribution in [1.29, 1.82) is 0 Å². The van der Waals surface area contributed by atoms with E-state index in [0.29, 0.717) is 24.3 Å². The topological polar surface area (TPSA) is 97.5 Å². The lowest BCUT2D eigenvalue weighted by Crippen LogP contribution is -2.54. The second-order valence-electron chi connectivity index (χ2n) is 10.7. The number of aromatic amines is 1. The lowest BCUT2D eigenvalue weighted by atomic mass is 9.96. The van der Waals surface area contributed by atoms with E-state index in [0.717, 1.165) is 27.7 Å². The van der Waals surface area contributed by atoms with Gasteiger partial charge >= 0.3 is 0 Å². The predicted octanol–water partition coefficient (Wildman–Crippen LogP) is 4.85. The van der Waals surface area contributed by atoms with E-state index in [1.807, 2.05) is 121 Å². The van der Waals surface area contributed by atoms with Gasteiger partial charge in [0.25, 0.3) is 11.8 Å². The van der Waals surface area contributed by atoms with Crippen molar-refractivity contribution in [3.63, 3.8) is 0 Å². The molecule has 8 nitrogen and oxygen atoms in total. The molecule has 1 aliphatic rings. The summed E-state index contributed by atoms with van der Waals surface area (Å²) in [6, 6.07) is 35.0. The lowest BCUT2D eigenvalue weighted by molar-refractivity contribution is -0.125. The first-order valence-electron chi connectivity index (χ1n) is 14.4.